The summed E-state index contributed by atoms with van der Waals surface area (Å²) in [5.74, 6) is 1.94. The molecule has 0 spiro atoms. The molecule has 4 heteroatoms. The van der Waals surface area contributed by atoms with Crippen molar-refractivity contribution in [3.05, 3.63) is 29.0 Å². The van der Waals surface area contributed by atoms with Crippen molar-refractivity contribution in [2.24, 2.45) is 5.92 Å². The molecule has 3 nitrogen and oxygen atoms in total. The first-order valence-corrected chi connectivity index (χ1v) is 7.96. The smallest absolute Gasteiger partial charge is 0.127 e. The standard InChI is InChI=1S/C16H22ClN3/c1-3-8-20-15-5-4-12(17)10-13(15)19-16(20)14-9-11(2)6-7-18-14/h4-5,10-11,14,18H,3,6-9H2,1-2H3. The summed E-state index contributed by atoms with van der Waals surface area (Å²) in [6.07, 6.45) is 3.54. The summed E-state index contributed by atoms with van der Waals surface area (Å²) in [7, 11) is 0. The number of hydrogen-bond acceptors (Lipinski definition) is 2. The minimum atomic E-state index is 0.372. The Hall–Kier alpha value is -1.06. The Balaban J connectivity index is 2.06. The van der Waals surface area contributed by atoms with Gasteiger partial charge in [0, 0.05) is 11.6 Å². The van der Waals surface area contributed by atoms with Gasteiger partial charge in [-0.05, 0) is 49.9 Å². The van der Waals surface area contributed by atoms with E-state index in [1.54, 1.807) is 0 Å². The molecule has 1 aliphatic heterocycles. The van der Waals surface area contributed by atoms with Gasteiger partial charge in [-0.3, -0.25) is 0 Å². The maximum atomic E-state index is 6.10. The molecule has 0 aliphatic carbocycles. The van der Waals surface area contributed by atoms with Gasteiger partial charge in [0.15, 0.2) is 0 Å². The highest BCUT2D eigenvalue weighted by Gasteiger charge is 2.24. The molecule has 1 aromatic heterocycles. The predicted octanol–water partition coefficient (Wildman–Crippen LogP) is 4.16. The number of aromatic nitrogens is 2. The lowest BCUT2D eigenvalue weighted by Gasteiger charge is -2.28. The van der Waals surface area contributed by atoms with E-state index in [4.69, 9.17) is 16.6 Å². The number of nitrogens with zero attached hydrogens (tertiary/aromatic N) is 2. The van der Waals surface area contributed by atoms with Crippen LogP contribution >= 0.6 is 11.6 Å². The second-order valence-electron chi connectivity index (χ2n) is 5.89. The zero-order valence-corrected chi connectivity index (χ0v) is 13.0. The zero-order chi connectivity index (χ0) is 14.1. The van der Waals surface area contributed by atoms with E-state index in [1.165, 1.54) is 24.2 Å². The SMILES string of the molecule is CCCn1c(C2CC(C)CCN2)nc2cc(Cl)ccc21. The monoisotopic (exact) mass is 291 g/mol. The Morgan fingerprint density at radius 1 is 1.45 bits per heavy atom. The Bertz CT molecular complexity index is 605. The number of hydrogen-bond donors (Lipinski definition) is 1. The normalized spacial score (nSPS) is 23.4. The molecule has 2 heterocycles. The van der Waals surface area contributed by atoms with Crippen molar-refractivity contribution >= 4 is 22.6 Å². The fraction of sp³-hybridized carbons (Fsp3) is 0.562. The van der Waals surface area contributed by atoms with Gasteiger partial charge in [-0.2, -0.15) is 0 Å². The van der Waals surface area contributed by atoms with E-state index in [-0.39, 0.29) is 0 Å². The topological polar surface area (TPSA) is 29.9 Å². The van der Waals surface area contributed by atoms with Crippen LogP contribution in [0.4, 0.5) is 0 Å². The molecule has 1 N–H and O–H groups in total. The van der Waals surface area contributed by atoms with Gasteiger partial charge in [0.25, 0.3) is 0 Å². The van der Waals surface area contributed by atoms with Crippen molar-refractivity contribution in [1.29, 1.82) is 0 Å². The van der Waals surface area contributed by atoms with E-state index in [1.807, 2.05) is 12.1 Å². The number of fused-ring (bicyclic) bond motifs is 1. The molecule has 0 amide bonds. The summed E-state index contributed by atoms with van der Waals surface area (Å²) in [4.78, 5) is 4.87. The van der Waals surface area contributed by atoms with E-state index < -0.39 is 0 Å². The van der Waals surface area contributed by atoms with Gasteiger partial charge in [0.1, 0.15) is 5.82 Å². The molecule has 1 fully saturated rings. The lowest BCUT2D eigenvalue weighted by atomic mass is 9.94. The van der Waals surface area contributed by atoms with Crippen molar-refractivity contribution in [2.75, 3.05) is 6.54 Å². The van der Waals surface area contributed by atoms with Crippen LogP contribution in [-0.2, 0) is 6.54 Å². The number of rotatable bonds is 3. The second-order valence-corrected chi connectivity index (χ2v) is 6.33. The lowest BCUT2D eigenvalue weighted by molar-refractivity contribution is 0.310. The summed E-state index contributed by atoms with van der Waals surface area (Å²) in [5, 5.41) is 4.38. The van der Waals surface area contributed by atoms with Crippen LogP contribution in [0.5, 0.6) is 0 Å². The fourth-order valence-electron chi connectivity index (χ4n) is 3.15. The van der Waals surface area contributed by atoms with Crippen molar-refractivity contribution < 1.29 is 0 Å². The number of imidazole rings is 1. The third kappa shape index (κ3) is 2.57. The largest absolute Gasteiger partial charge is 0.327 e. The molecule has 1 saturated heterocycles. The highest BCUT2D eigenvalue weighted by molar-refractivity contribution is 6.31. The molecule has 1 aromatic carbocycles. The zero-order valence-electron chi connectivity index (χ0n) is 12.2. The number of aryl methyl sites for hydroxylation is 1. The quantitative estimate of drug-likeness (QED) is 0.920. The number of piperidine rings is 1. The first-order valence-electron chi connectivity index (χ1n) is 7.58. The summed E-state index contributed by atoms with van der Waals surface area (Å²) < 4.78 is 2.36. The minimum absolute atomic E-state index is 0.372. The van der Waals surface area contributed by atoms with Crippen LogP contribution in [0, 0.1) is 5.92 Å². The van der Waals surface area contributed by atoms with Gasteiger partial charge in [0.05, 0.1) is 17.1 Å². The van der Waals surface area contributed by atoms with Crippen molar-refractivity contribution in [3.8, 4) is 0 Å². The molecule has 1 aliphatic rings. The highest BCUT2D eigenvalue weighted by Crippen LogP contribution is 2.30. The summed E-state index contributed by atoms with van der Waals surface area (Å²) >= 11 is 6.10. The first kappa shape index (κ1) is 13.9. The Morgan fingerprint density at radius 2 is 2.30 bits per heavy atom. The number of benzene rings is 1. The van der Waals surface area contributed by atoms with Gasteiger partial charge < -0.3 is 9.88 Å². The molecule has 0 saturated carbocycles. The molecule has 3 rings (SSSR count). The maximum Gasteiger partial charge on any atom is 0.127 e. The maximum absolute atomic E-state index is 6.10. The Kier molecular flexibility index (Phi) is 3.99. The molecule has 0 radical (unpaired) electrons. The molecule has 2 unspecified atom stereocenters. The van der Waals surface area contributed by atoms with Crippen LogP contribution in [0.15, 0.2) is 18.2 Å². The van der Waals surface area contributed by atoms with Crippen LogP contribution < -0.4 is 5.32 Å². The molecule has 0 bridgehead atoms. The van der Waals surface area contributed by atoms with Gasteiger partial charge in [-0.25, -0.2) is 4.98 Å². The third-order valence-corrected chi connectivity index (χ3v) is 4.40. The number of nitrogens with one attached hydrogen (secondary N) is 1. The average Bonchev–Trinajstić information content (AvgIpc) is 2.77. The van der Waals surface area contributed by atoms with Crippen LogP contribution in [0.2, 0.25) is 5.02 Å². The molecular weight excluding hydrogens is 270 g/mol. The molecule has 2 aromatic rings. The van der Waals surface area contributed by atoms with Crippen molar-refractivity contribution in [3.63, 3.8) is 0 Å². The highest BCUT2D eigenvalue weighted by atomic mass is 35.5. The van der Waals surface area contributed by atoms with Gasteiger partial charge in [-0.1, -0.05) is 25.4 Å². The van der Waals surface area contributed by atoms with E-state index in [0.717, 1.165) is 36.0 Å². The first-order chi connectivity index (χ1) is 9.69. The van der Waals surface area contributed by atoms with Gasteiger partial charge in [-0.15, -0.1) is 0 Å². The van der Waals surface area contributed by atoms with E-state index in [2.05, 4.69) is 29.8 Å². The van der Waals surface area contributed by atoms with Gasteiger partial charge in [0.2, 0.25) is 0 Å². The molecule has 108 valence electrons. The minimum Gasteiger partial charge on any atom is -0.327 e. The molecule has 20 heavy (non-hydrogen) atoms. The van der Waals surface area contributed by atoms with Crippen LogP contribution in [0.25, 0.3) is 11.0 Å². The summed E-state index contributed by atoms with van der Waals surface area (Å²) in [5.41, 5.74) is 2.22. The van der Waals surface area contributed by atoms with Crippen LogP contribution in [-0.4, -0.2) is 16.1 Å². The van der Waals surface area contributed by atoms with E-state index in [9.17, 15) is 0 Å². The summed E-state index contributed by atoms with van der Waals surface area (Å²) in [6, 6.07) is 6.39. The third-order valence-electron chi connectivity index (χ3n) is 4.16. The van der Waals surface area contributed by atoms with Crippen LogP contribution in [0.1, 0.15) is 45.0 Å². The van der Waals surface area contributed by atoms with Gasteiger partial charge >= 0.3 is 0 Å². The average molecular weight is 292 g/mol. The van der Waals surface area contributed by atoms with Crippen LogP contribution in [0.3, 0.4) is 0 Å². The Labute approximate surface area is 125 Å². The molecule has 2 atom stereocenters. The Morgan fingerprint density at radius 3 is 3.05 bits per heavy atom. The van der Waals surface area contributed by atoms with Crippen molar-refractivity contribution in [2.45, 2.75) is 45.7 Å². The summed E-state index contributed by atoms with van der Waals surface area (Å²) in [6.45, 7) is 6.64. The number of halogens is 1. The molecular formula is C16H22ClN3. The predicted molar refractivity (Wildman–Crippen MR) is 84.2 cm³/mol. The van der Waals surface area contributed by atoms with E-state index in [0.29, 0.717) is 6.04 Å². The lowest BCUT2D eigenvalue weighted by Crippen LogP contribution is -2.32. The second kappa shape index (κ2) is 5.74. The van der Waals surface area contributed by atoms with E-state index >= 15 is 0 Å². The fourth-order valence-corrected chi connectivity index (χ4v) is 3.32. The van der Waals surface area contributed by atoms with Crippen molar-refractivity contribution in [1.82, 2.24) is 14.9 Å².